The van der Waals surface area contributed by atoms with Gasteiger partial charge >= 0.3 is 0 Å². The van der Waals surface area contributed by atoms with E-state index in [0.717, 1.165) is 5.69 Å². The van der Waals surface area contributed by atoms with E-state index < -0.39 is 0 Å². The maximum absolute atomic E-state index is 4.41. The van der Waals surface area contributed by atoms with Crippen molar-refractivity contribution in [3.63, 3.8) is 0 Å². The third kappa shape index (κ3) is 2.17. The van der Waals surface area contributed by atoms with Gasteiger partial charge in [0.15, 0.2) is 0 Å². The van der Waals surface area contributed by atoms with Crippen LogP contribution in [0.15, 0.2) is 36.6 Å². The molecule has 1 aliphatic rings. The van der Waals surface area contributed by atoms with Crippen LogP contribution in [0, 0.1) is 12.8 Å². The van der Waals surface area contributed by atoms with Crippen molar-refractivity contribution in [1.82, 2.24) is 4.98 Å². The van der Waals surface area contributed by atoms with Crippen molar-refractivity contribution < 1.29 is 0 Å². The topological polar surface area (TPSA) is 12.9 Å². The summed E-state index contributed by atoms with van der Waals surface area (Å²) in [5, 5.41) is 0. The van der Waals surface area contributed by atoms with Gasteiger partial charge in [0.05, 0.1) is 5.69 Å². The van der Waals surface area contributed by atoms with Crippen LogP contribution in [0.4, 0.5) is 0 Å². The lowest BCUT2D eigenvalue weighted by molar-refractivity contribution is 1.06. The summed E-state index contributed by atoms with van der Waals surface area (Å²) < 4.78 is 0. The summed E-state index contributed by atoms with van der Waals surface area (Å²) >= 11 is 0. The Morgan fingerprint density at radius 1 is 1.53 bits per heavy atom. The monoisotopic (exact) mass is 199 g/mol. The second kappa shape index (κ2) is 4.01. The van der Waals surface area contributed by atoms with Crippen LogP contribution in [-0.4, -0.2) is 4.98 Å². The first-order valence-electron chi connectivity index (χ1n) is 5.51. The number of hydrogen-bond acceptors (Lipinski definition) is 1. The van der Waals surface area contributed by atoms with E-state index >= 15 is 0 Å². The Hall–Kier alpha value is -1.37. The molecule has 2 rings (SSSR count). The van der Waals surface area contributed by atoms with E-state index in [1.807, 2.05) is 12.3 Å². The predicted molar refractivity (Wildman–Crippen MR) is 64.5 cm³/mol. The number of pyridine rings is 1. The van der Waals surface area contributed by atoms with E-state index in [1.54, 1.807) is 0 Å². The molecule has 0 aliphatic heterocycles. The molecule has 1 heteroatoms. The molecule has 1 aromatic heterocycles. The lowest BCUT2D eigenvalue weighted by Crippen LogP contribution is -1.94. The highest BCUT2D eigenvalue weighted by atomic mass is 14.7. The Morgan fingerprint density at radius 2 is 2.27 bits per heavy atom. The molecular weight excluding hydrogens is 182 g/mol. The number of rotatable bonds is 3. The summed E-state index contributed by atoms with van der Waals surface area (Å²) in [4.78, 5) is 4.41. The molecule has 1 saturated carbocycles. The number of aromatic nitrogens is 1. The Morgan fingerprint density at radius 3 is 2.80 bits per heavy atom. The largest absolute Gasteiger partial charge is 0.256 e. The van der Waals surface area contributed by atoms with Gasteiger partial charge in [-0.3, -0.25) is 4.98 Å². The van der Waals surface area contributed by atoms with Crippen LogP contribution >= 0.6 is 0 Å². The Kier molecular flexibility index (Phi) is 2.72. The second-order valence-electron chi connectivity index (χ2n) is 4.22. The van der Waals surface area contributed by atoms with Crippen LogP contribution in [0.2, 0.25) is 0 Å². The summed E-state index contributed by atoms with van der Waals surface area (Å²) in [6.45, 7) is 8.34. The fourth-order valence-electron chi connectivity index (χ4n) is 1.83. The summed E-state index contributed by atoms with van der Waals surface area (Å²) in [6, 6.07) is 4.15. The van der Waals surface area contributed by atoms with Gasteiger partial charge in [0.2, 0.25) is 0 Å². The third-order valence-corrected chi connectivity index (χ3v) is 2.90. The molecule has 78 valence electrons. The van der Waals surface area contributed by atoms with E-state index in [9.17, 15) is 0 Å². The van der Waals surface area contributed by atoms with Crippen LogP contribution < -0.4 is 0 Å². The highest BCUT2D eigenvalue weighted by Crippen LogP contribution is 2.41. The third-order valence-electron chi connectivity index (χ3n) is 2.90. The molecule has 0 saturated heterocycles. The van der Waals surface area contributed by atoms with Gasteiger partial charge in [0.1, 0.15) is 0 Å². The van der Waals surface area contributed by atoms with Crippen LogP contribution in [0.1, 0.15) is 31.0 Å². The van der Waals surface area contributed by atoms with E-state index in [4.69, 9.17) is 0 Å². The van der Waals surface area contributed by atoms with Gasteiger partial charge in [-0.15, -0.1) is 0 Å². The summed E-state index contributed by atoms with van der Waals surface area (Å²) in [5.41, 5.74) is 4.80. The minimum atomic E-state index is 0.707. The lowest BCUT2D eigenvalue weighted by Gasteiger charge is -2.09. The van der Waals surface area contributed by atoms with Gasteiger partial charge in [-0.05, 0) is 61.4 Å². The van der Waals surface area contributed by atoms with E-state index in [1.165, 1.54) is 29.6 Å². The van der Waals surface area contributed by atoms with Crippen molar-refractivity contribution in [2.24, 2.45) is 5.92 Å². The van der Waals surface area contributed by atoms with Gasteiger partial charge in [-0.1, -0.05) is 12.7 Å². The Labute approximate surface area is 91.6 Å². The molecule has 1 nitrogen and oxygen atoms in total. The van der Waals surface area contributed by atoms with E-state index in [-0.39, 0.29) is 0 Å². The van der Waals surface area contributed by atoms with Crippen molar-refractivity contribution in [2.45, 2.75) is 26.7 Å². The normalized spacial score (nSPS) is 16.5. The highest BCUT2D eigenvalue weighted by molar-refractivity contribution is 5.77. The SMILES string of the molecule is C=C(/C(=C\C)c1cc(C)ccn1)C1CC1. The number of nitrogens with zero attached hydrogens (tertiary/aromatic N) is 1. The van der Waals surface area contributed by atoms with Gasteiger partial charge < -0.3 is 0 Å². The molecule has 1 aromatic rings. The number of allylic oxidation sites excluding steroid dienone is 3. The molecule has 1 aliphatic carbocycles. The van der Waals surface area contributed by atoms with E-state index in [2.05, 4.69) is 37.6 Å². The number of hydrogen-bond donors (Lipinski definition) is 0. The van der Waals surface area contributed by atoms with Crippen molar-refractivity contribution in [3.8, 4) is 0 Å². The smallest absolute Gasteiger partial charge is 0.0703 e. The quantitative estimate of drug-likeness (QED) is 0.675. The fraction of sp³-hybridized carbons (Fsp3) is 0.357. The molecule has 0 spiro atoms. The average Bonchev–Trinajstić information content (AvgIpc) is 3.02. The average molecular weight is 199 g/mol. The van der Waals surface area contributed by atoms with Gasteiger partial charge in [-0.2, -0.15) is 0 Å². The number of aryl methyl sites for hydroxylation is 1. The predicted octanol–water partition coefficient (Wildman–Crippen LogP) is 3.76. The minimum absolute atomic E-state index is 0.707. The second-order valence-corrected chi connectivity index (χ2v) is 4.22. The van der Waals surface area contributed by atoms with Crippen molar-refractivity contribution in [3.05, 3.63) is 47.8 Å². The molecule has 0 unspecified atom stereocenters. The van der Waals surface area contributed by atoms with Gasteiger partial charge in [-0.25, -0.2) is 0 Å². The summed E-state index contributed by atoms with van der Waals surface area (Å²) in [5.74, 6) is 0.707. The maximum atomic E-state index is 4.41. The zero-order valence-corrected chi connectivity index (χ0v) is 9.46. The van der Waals surface area contributed by atoms with Crippen LogP contribution in [0.5, 0.6) is 0 Å². The molecule has 0 N–H and O–H groups in total. The lowest BCUT2D eigenvalue weighted by atomic mass is 9.99. The molecule has 1 fully saturated rings. The zero-order chi connectivity index (χ0) is 10.8. The van der Waals surface area contributed by atoms with Gasteiger partial charge in [0, 0.05) is 6.20 Å². The first-order valence-corrected chi connectivity index (χ1v) is 5.51. The molecule has 0 atom stereocenters. The summed E-state index contributed by atoms with van der Waals surface area (Å²) in [6.07, 6.45) is 6.58. The van der Waals surface area contributed by atoms with E-state index in [0.29, 0.717) is 5.92 Å². The molecule has 0 bridgehead atoms. The standard InChI is InChI=1S/C14H17N/c1-4-13(11(3)12-5-6-12)14-9-10(2)7-8-15-14/h4,7-9,12H,3,5-6H2,1-2H3/b13-4+. The molecule has 0 radical (unpaired) electrons. The minimum Gasteiger partial charge on any atom is -0.256 e. The summed E-state index contributed by atoms with van der Waals surface area (Å²) in [7, 11) is 0. The highest BCUT2D eigenvalue weighted by Gasteiger charge is 2.27. The molecular formula is C14H17N. The molecule has 1 heterocycles. The molecule has 15 heavy (non-hydrogen) atoms. The Balaban J connectivity index is 2.30. The van der Waals surface area contributed by atoms with Crippen LogP contribution in [0.25, 0.3) is 5.57 Å². The van der Waals surface area contributed by atoms with Crippen molar-refractivity contribution >= 4 is 5.57 Å². The van der Waals surface area contributed by atoms with Crippen molar-refractivity contribution in [2.75, 3.05) is 0 Å². The van der Waals surface area contributed by atoms with Gasteiger partial charge in [0.25, 0.3) is 0 Å². The zero-order valence-electron chi connectivity index (χ0n) is 9.46. The van der Waals surface area contributed by atoms with Crippen LogP contribution in [0.3, 0.4) is 0 Å². The van der Waals surface area contributed by atoms with Crippen molar-refractivity contribution in [1.29, 1.82) is 0 Å². The first kappa shape index (κ1) is 10.2. The maximum Gasteiger partial charge on any atom is 0.0703 e. The molecule has 0 aromatic carbocycles. The Bertz CT molecular complexity index is 411. The molecule has 0 amide bonds. The van der Waals surface area contributed by atoms with Crippen LogP contribution in [-0.2, 0) is 0 Å². The first-order chi connectivity index (χ1) is 7.22. The fourth-order valence-corrected chi connectivity index (χ4v) is 1.83.